The molecule has 3 heteroatoms. The molecule has 0 heterocycles. The minimum atomic E-state index is -0.863. The molecule has 0 aromatic heterocycles. The summed E-state index contributed by atoms with van der Waals surface area (Å²) in [6.07, 6.45) is 11.0. The van der Waals surface area contributed by atoms with Gasteiger partial charge in [-0.15, -0.1) is 0 Å². The van der Waals surface area contributed by atoms with Gasteiger partial charge in [0.1, 0.15) is 0 Å². The number of hydrogen-bond acceptors (Lipinski definition) is 1. The zero-order valence-electron chi connectivity index (χ0n) is 14.8. The van der Waals surface area contributed by atoms with Crippen molar-refractivity contribution in [2.24, 2.45) is 17.8 Å². The molecule has 2 aliphatic carbocycles. The first-order chi connectivity index (χ1) is 11.5. The molecule has 3 rings (SSSR count). The highest BCUT2D eigenvalue weighted by atomic mass is 19.2. The minimum absolute atomic E-state index is 0.0362. The van der Waals surface area contributed by atoms with Crippen LogP contribution < -0.4 is 4.74 Å². The van der Waals surface area contributed by atoms with Crippen LogP contribution in [0.2, 0.25) is 0 Å². The lowest BCUT2D eigenvalue weighted by Crippen LogP contribution is -2.20. The molecule has 1 unspecified atom stereocenters. The average Bonchev–Trinajstić information content (AvgIpc) is 2.60. The van der Waals surface area contributed by atoms with E-state index in [0.29, 0.717) is 18.1 Å². The summed E-state index contributed by atoms with van der Waals surface area (Å²) in [6, 6.07) is 3.09. The van der Waals surface area contributed by atoms with E-state index in [0.717, 1.165) is 31.1 Å². The molecular weight excluding hydrogens is 306 g/mol. The van der Waals surface area contributed by atoms with Gasteiger partial charge in [0.15, 0.2) is 11.6 Å². The quantitative estimate of drug-likeness (QED) is 0.595. The molecule has 1 fully saturated rings. The topological polar surface area (TPSA) is 9.23 Å². The standard InChI is InChI=1S/C21H28F2O/c1-14-3-8-17(9-4-14)18-10-6-16(7-11-18)13-24-19-12-5-15(2)20(22)21(19)23/h5,10,12,14,16-17H,3-4,6-9,11,13H2,1-2H3. The van der Waals surface area contributed by atoms with Crippen LogP contribution in [0.5, 0.6) is 5.75 Å². The summed E-state index contributed by atoms with van der Waals surface area (Å²) in [5.74, 6) is 0.445. The molecule has 0 amide bonds. The van der Waals surface area contributed by atoms with Crippen molar-refractivity contribution in [2.45, 2.75) is 58.8 Å². The predicted octanol–water partition coefficient (Wildman–Crippen LogP) is 6.20. The lowest BCUT2D eigenvalue weighted by Gasteiger charge is -2.31. The van der Waals surface area contributed by atoms with Crippen LogP contribution in [-0.2, 0) is 0 Å². The number of aryl methyl sites for hydroxylation is 1. The van der Waals surface area contributed by atoms with Crippen molar-refractivity contribution in [2.75, 3.05) is 6.61 Å². The van der Waals surface area contributed by atoms with Crippen LogP contribution in [-0.4, -0.2) is 6.61 Å². The summed E-state index contributed by atoms with van der Waals surface area (Å²) in [5.41, 5.74) is 1.94. The number of rotatable bonds is 4. The normalized spacial score (nSPS) is 27.7. The molecule has 132 valence electrons. The molecule has 0 spiro atoms. The fourth-order valence-corrected chi connectivity index (χ4v) is 4.01. The third-order valence-electron chi connectivity index (χ3n) is 5.81. The molecular formula is C21H28F2O. The van der Waals surface area contributed by atoms with Gasteiger partial charge in [0.25, 0.3) is 0 Å². The monoisotopic (exact) mass is 334 g/mol. The second-order valence-corrected chi connectivity index (χ2v) is 7.70. The fraction of sp³-hybridized carbons (Fsp3) is 0.619. The molecule has 1 aromatic rings. The maximum Gasteiger partial charge on any atom is 0.200 e. The van der Waals surface area contributed by atoms with Crippen LogP contribution in [0, 0.1) is 36.3 Å². The summed E-state index contributed by atoms with van der Waals surface area (Å²) in [5, 5.41) is 0. The summed E-state index contributed by atoms with van der Waals surface area (Å²) in [4.78, 5) is 0. The van der Waals surface area contributed by atoms with E-state index in [1.54, 1.807) is 18.6 Å². The second-order valence-electron chi connectivity index (χ2n) is 7.70. The highest BCUT2D eigenvalue weighted by Gasteiger charge is 2.25. The number of ether oxygens (including phenoxy) is 1. The van der Waals surface area contributed by atoms with Crippen LogP contribution >= 0.6 is 0 Å². The first-order valence-corrected chi connectivity index (χ1v) is 9.31. The lowest BCUT2D eigenvalue weighted by molar-refractivity contribution is 0.221. The van der Waals surface area contributed by atoms with E-state index in [1.807, 2.05) is 0 Å². The van der Waals surface area contributed by atoms with E-state index in [9.17, 15) is 8.78 Å². The van der Waals surface area contributed by atoms with E-state index < -0.39 is 11.6 Å². The smallest absolute Gasteiger partial charge is 0.200 e. The van der Waals surface area contributed by atoms with Crippen molar-refractivity contribution < 1.29 is 13.5 Å². The van der Waals surface area contributed by atoms with Gasteiger partial charge in [0, 0.05) is 0 Å². The van der Waals surface area contributed by atoms with Crippen molar-refractivity contribution in [3.05, 3.63) is 41.0 Å². The third-order valence-corrected chi connectivity index (χ3v) is 5.81. The lowest BCUT2D eigenvalue weighted by atomic mass is 9.75. The first-order valence-electron chi connectivity index (χ1n) is 9.31. The number of allylic oxidation sites excluding steroid dienone is 2. The van der Waals surface area contributed by atoms with E-state index in [2.05, 4.69) is 13.0 Å². The van der Waals surface area contributed by atoms with Crippen molar-refractivity contribution in [3.8, 4) is 5.75 Å². The van der Waals surface area contributed by atoms with Crippen molar-refractivity contribution in [3.63, 3.8) is 0 Å². The van der Waals surface area contributed by atoms with Gasteiger partial charge in [0.05, 0.1) is 6.61 Å². The molecule has 0 N–H and O–H groups in total. The molecule has 1 saturated carbocycles. The Morgan fingerprint density at radius 2 is 1.79 bits per heavy atom. The van der Waals surface area contributed by atoms with Gasteiger partial charge < -0.3 is 4.74 Å². The molecule has 1 nitrogen and oxygen atoms in total. The Morgan fingerprint density at radius 3 is 2.46 bits per heavy atom. The zero-order valence-corrected chi connectivity index (χ0v) is 14.8. The summed E-state index contributed by atoms with van der Waals surface area (Å²) in [7, 11) is 0. The fourth-order valence-electron chi connectivity index (χ4n) is 4.01. The Balaban J connectivity index is 1.51. The highest BCUT2D eigenvalue weighted by Crippen LogP contribution is 2.38. The summed E-state index contributed by atoms with van der Waals surface area (Å²) >= 11 is 0. The average molecular weight is 334 g/mol. The summed E-state index contributed by atoms with van der Waals surface area (Å²) in [6.45, 7) is 4.37. The Hall–Kier alpha value is -1.38. The number of hydrogen-bond donors (Lipinski definition) is 0. The Labute approximate surface area is 144 Å². The van der Waals surface area contributed by atoms with Crippen LogP contribution in [0.1, 0.15) is 57.4 Å². The Kier molecular flexibility index (Phi) is 5.57. The van der Waals surface area contributed by atoms with Crippen LogP contribution in [0.4, 0.5) is 8.78 Å². The Morgan fingerprint density at radius 1 is 1.04 bits per heavy atom. The predicted molar refractivity (Wildman–Crippen MR) is 93.1 cm³/mol. The Bertz CT molecular complexity index is 600. The number of halogens is 2. The van der Waals surface area contributed by atoms with Crippen molar-refractivity contribution in [1.82, 2.24) is 0 Å². The second kappa shape index (κ2) is 7.67. The maximum absolute atomic E-state index is 13.8. The highest BCUT2D eigenvalue weighted by molar-refractivity contribution is 5.30. The van der Waals surface area contributed by atoms with E-state index in [-0.39, 0.29) is 5.75 Å². The SMILES string of the molecule is Cc1ccc(OCC2CC=C(C3CCC(C)CC3)CC2)c(F)c1F. The van der Waals surface area contributed by atoms with Gasteiger partial charge >= 0.3 is 0 Å². The van der Waals surface area contributed by atoms with Gasteiger partial charge in [-0.2, -0.15) is 4.39 Å². The van der Waals surface area contributed by atoms with E-state index in [4.69, 9.17) is 4.74 Å². The van der Waals surface area contributed by atoms with Gasteiger partial charge in [0.2, 0.25) is 5.82 Å². The van der Waals surface area contributed by atoms with Crippen LogP contribution in [0.25, 0.3) is 0 Å². The summed E-state index contributed by atoms with van der Waals surface area (Å²) < 4.78 is 33.0. The molecule has 24 heavy (non-hydrogen) atoms. The maximum atomic E-state index is 13.8. The van der Waals surface area contributed by atoms with Crippen molar-refractivity contribution >= 4 is 0 Å². The van der Waals surface area contributed by atoms with Gasteiger partial charge in [-0.05, 0) is 68.4 Å². The third kappa shape index (κ3) is 3.99. The zero-order chi connectivity index (χ0) is 17.1. The molecule has 0 aliphatic heterocycles. The molecule has 0 radical (unpaired) electrons. The van der Waals surface area contributed by atoms with E-state index in [1.165, 1.54) is 31.7 Å². The van der Waals surface area contributed by atoms with Gasteiger partial charge in [-0.3, -0.25) is 0 Å². The molecule has 1 aromatic carbocycles. The number of benzene rings is 1. The molecule has 0 bridgehead atoms. The molecule has 1 atom stereocenters. The largest absolute Gasteiger partial charge is 0.490 e. The van der Waals surface area contributed by atoms with Gasteiger partial charge in [-0.1, -0.05) is 37.5 Å². The van der Waals surface area contributed by atoms with E-state index >= 15 is 0 Å². The molecule has 0 saturated heterocycles. The van der Waals surface area contributed by atoms with Crippen LogP contribution in [0.3, 0.4) is 0 Å². The molecule has 2 aliphatic rings. The van der Waals surface area contributed by atoms with Crippen molar-refractivity contribution in [1.29, 1.82) is 0 Å². The van der Waals surface area contributed by atoms with Crippen LogP contribution in [0.15, 0.2) is 23.8 Å². The van der Waals surface area contributed by atoms with Gasteiger partial charge in [-0.25, -0.2) is 4.39 Å². The first kappa shape index (κ1) is 17.4. The minimum Gasteiger partial charge on any atom is -0.490 e.